The van der Waals surface area contributed by atoms with E-state index in [1.54, 1.807) is 24.3 Å². The van der Waals surface area contributed by atoms with Crippen LogP contribution in [0.25, 0.3) is 0 Å². The fraction of sp³-hybridized carbons (Fsp3) is 0.300. The minimum atomic E-state index is -3.82. The lowest BCUT2D eigenvalue weighted by Crippen LogP contribution is -2.53. The number of hydrogen-bond acceptors (Lipinski definition) is 4. The average Bonchev–Trinajstić information content (AvgIpc) is 2.38. The molecule has 1 heterocycles. The summed E-state index contributed by atoms with van der Waals surface area (Å²) in [5.74, 6) is -0.375. The van der Waals surface area contributed by atoms with Crippen LogP contribution < -0.4 is 5.46 Å². The second kappa shape index (κ2) is 5.70. The highest BCUT2D eigenvalue weighted by molar-refractivity contribution is 7.90. The molecule has 0 aromatic heterocycles. The van der Waals surface area contributed by atoms with Crippen molar-refractivity contribution in [2.75, 3.05) is 11.6 Å². The Hall–Kier alpha value is -0.755. The van der Waals surface area contributed by atoms with Crippen LogP contribution in [0.3, 0.4) is 0 Å². The van der Waals surface area contributed by atoms with Crippen LogP contribution >= 0.6 is 23.2 Å². The third-order valence-corrected chi connectivity index (χ3v) is 5.35. The molecule has 1 atom stereocenters. The number of alkyl halides is 2. The van der Waals surface area contributed by atoms with Gasteiger partial charge in [0.25, 0.3) is 0 Å². The van der Waals surface area contributed by atoms with Gasteiger partial charge in [0, 0.05) is 5.88 Å². The van der Waals surface area contributed by atoms with Crippen molar-refractivity contribution in [1.82, 2.24) is 4.33 Å². The second-order valence-corrected chi connectivity index (χ2v) is 6.85. The van der Waals surface area contributed by atoms with E-state index in [-0.39, 0.29) is 11.6 Å². The third kappa shape index (κ3) is 3.05. The molecule has 0 spiro atoms. The van der Waals surface area contributed by atoms with Gasteiger partial charge in [0.15, 0.2) is 0 Å². The summed E-state index contributed by atoms with van der Waals surface area (Å²) in [6, 6.07) is 6.89. The Balaban J connectivity index is 2.30. The van der Waals surface area contributed by atoms with Gasteiger partial charge in [0.1, 0.15) is 0 Å². The molecule has 1 unspecified atom stereocenters. The lowest BCUT2D eigenvalue weighted by molar-refractivity contribution is 0.476. The largest absolute Gasteiger partial charge is 0.484 e. The zero-order valence-corrected chi connectivity index (χ0v) is 12.1. The summed E-state index contributed by atoms with van der Waals surface area (Å²) in [4.78, 5) is 0. The van der Waals surface area contributed by atoms with E-state index in [1.165, 1.54) is 6.21 Å². The molecular formula is C10H11BCl2N2O3S. The van der Waals surface area contributed by atoms with Crippen molar-refractivity contribution < 1.29 is 13.4 Å². The molecule has 1 N–H and O–H groups in total. The lowest BCUT2D eigenvalue weighted by atomic mass is 9.72. The van der Waals surface area contributed by atoms with Crippen LogP contribution in [0.4, 0.5) is 0 Å². The van der Waals surface area contributed by atoms with Gasteiger partial charge >= 0.3 is 7.05 Å². The van der Waals surface area contributed by atoms with E-state index >= 15 is 0 Å². The molecule has 0 saturated heterocycles. The van der Waals surface area contributed by atoms with Crippen LogP contribution in [0.2, 0.25) is 0 Å². The van der Waals surface area contributed by atoms with Crippen LogP contribution in [0.15, 0.2) is 29.4 Å². The van der Waals surface area contributed by atoms with Gasteiger partial charge in [0.05, 0.1) is 17.3 Å². The first-order valence-corrected chi connectivity index (χ1v) is 8.07. The summed E-state index contributed by atoms with van der Waals surface area (Å²) < 4.78 is 24.8. The quantitative estimate of drug-likeness (QED) is 0.636. The van der Waals surface area contributed by atoms with Crippen molar-refractivity contribution in [2.24, 2.45) is 5.10 Å². The van der Waals surface area contributed by atoms with Crippen LogP contribution in [0.5, 0.6) is 0 Å². The molecule has 5 nitrogen and oxygen atoms in total. The molecule has 2 rings (SSSR count). The molecule has 1 aliphatic rings. The molecule has 0 bridgehead atoms. The number of nitrogens with zero attached hydrogens (tertiary/aromatic N) is 2. The van der Waals surface area contributed by atoms with Gasteiger partial charge in [-0.2, -0.15) is 5.10 Å². The topological polar surface area (TPSA) is 70.0 Å². The first-order valence-electron chi connectivity index (χ1n) is 5.49. The molecular weight excluding hydrogens is 310 g/mol. The second-order valence-electron chi connectivity index (χ2n) is 4.05. The maximum atomic E-state index is 12.1. The van der Waals surface area contributed by atoms with E-state index in [4.69, 9.17) is 23.2 Å². The number of hydrazone groups is 1. The smallest absolute Gasteiger partial charge is 0.427 e. The molecule has 9 heteroatoms. The highest BCUT2D eigenvalue weighted by atomic mass is 35.5. The molecule has 19 heavy (non-hydrogen) atoms. The van der Waals surface area contributed by atoms with Gasteiger partial charge in [-0.3, -0.25) is 0 Å². The minimum Gasteiger partial charge on any atom is -0.427 e. The Labute approximate surface area is 122 Å². The molecule has 0 saturated carbocycles. The SMILES string of the molecule is O=S(=O)(CC(Cl)CCl)N1N=Cc2ccccc2B1O. The number of fused-ring (bicyclic) bond motifs is 1. The molecule has 0 aliphatic carbocycles. The van der Waals surface area contributed by atoms with Gasteiger partial charge in [-0.15, -0.1) is 23.2 Å². The van der Waals surface area contributed by atoms with Crippen LogP contribution in [0.1, 0.15) is 5.56 Å². The van der Waals surface area contributed by atoms with Crippen molar-refractivity contribution in [3.63, 3.8) is 0 Å². The first-order chi connectivity index (χ1) is 8.95. The van der Waals surface area contributed by atoms with Crippen molar-refractivity contribution in [3.05, 3.63) is 29.8 Å². The molecule has 102 valence electrons. The Bertz CT molecular complexity index is 596. The molecule has 0 radical (unpaired) electrons. The van der Waals surface area contributed by atoms with Gasteiger partial charge in [-0.1, -0.05) is 24.3 Å². The van der Waals surface area contributed by atoms with Crippen molar-refractivity contribution in [3.8, 4) is 0 Å². The molecule has 0 fully saturated rings. The molecule has 1 aromatic rings. The van der Waals surface area contributed by atoms with Gasteiger partial charge in [-0.25, -0.2) is 12.7 Å². The van der Waals surface area contributed by atoms with Gasteiger partial charge < -0.3 is 5.02 Å². The maximum absolute atomic E-state index is 12.1. The van der Waals surface area contributed by atoms with E-state index in [0.717, 1.165) is 0 Å². The van der Waals surface area contributed by atoms with E-state index in [9.17, 15) is 13.4 Å². The maximum Gasteiger partial charge on any atom is 0.484 e. The summed E-state index contributed by atoms with van der Waals surface area (Å²) >= 11 is 11.2. The fourth-order valence-corrected chi connectivity index (χ4v) is 3.79. The molecule has 1 aliphatic heterocycles. The Morgan fingerprint density at radius 3 is 2.79 bits per heavy atom. The predicted octanol–water partition coefficient (Wildman–Crippen LogP) is 0.200. The minimum absolute atomic E-state index is 0.00498. The Kier molecular flexibility index (Phi) is 4.40. The summed E-state index contributed by atoms with van der Waals surface area (Å²) in [7, 11) is -5.16. The third-order valence-electron chi connectivity index (χ3n) is 2.64. The van der Waals surface area contributed by atoms with Crippen LogP contribution in [-0.4, -0.2) is 48.0 Å². The van der Waals surface area contributed by atoms with Crippen LogP contribution in [0, 0.1) is 0 Å². The fourth-order valence-electron chi connectivity index (χ4n) is 1.74. The van der Waals surface area contributed by atoms with Crippen molar-refractivity contribution >= 4 is 52.0 Å². The number of rotatable bonds is 4. The monoisotopic (exact) mass is 320 g/mol. The number of sulfonamides is 1. The molecule has 1 aromatic carbocycles. The average molecular weight is 321 g/mol. The Morgan fingerprint density at radius 1 is 1.42 bits per heavy atom. The van der Waals surface area contributed by atoms with Crippen molar-refractivity contribution in [2.45, 2.75) is 5.38 Å². The summed E-state index contributed by atoms with van der Waals surface area (Å²) in [6.07, 6.45) is 1.39. The Morgan fingerprint density at radius 2 is 2.11 bits per heavy atom. The van der Waals surface area contributed by atoms with E-state index in [2.05, 4.69) is 5.10 Å². The summed E-state index contributed by atoms with van der Waals surface area (Å²) in [5, 5.41) is 13.1. The summed E-state index contributed by atoms with van der Waals surface area (Å²) in [5.41, 5.74) is 1.17. The van der Waals surface area contributed by atoms with Crippen molar-refractivity contribution in [1.29, 1.82) is 0 Å². The zero-order chi connectivity index (χ0) is 14.0. The van der Waals surface area contributed by atoms with Crippen LogP contribution in [-0.2, 0) is 10.0 Å². The van der Waals surface area contributed by atoms with E-state index in [0.29, 0.717) is 15.4 Å². The van der Waals surface area contributed by atoms with E-state index in [1.807, 2.05) is 0 Å². The highest BCUT2D eigenvalue weighted by Crippen LogP contribution is 2.14. The van der Waals surface area contributed by atoms with E-state index < -0.39 is 22.5 Å². The normalized spacial score (nSPS) is 16.4. The first kappa shape index (κ1) is 14.6. The predicted molar refractivity (Wildman–Crippen MR) is 77.6 cm³/mol. The highest BCUT2D eigenvalue weighted by Gasteiger charge is 2.37. The van der Waals surface area contributed by atoms with Gasteiger partial charge in [-0.05, 0) is 11.0 Å². The number of halogens is 2. The summed E-state index contributed by atoms with van der Waals surface area (Å²) in [6.45, 7) is 0. The zero-order valence-electron chi connectivity index (χ0n) is 9.78. The number of hydrogen-bond donors (Lipinski definition) is 1. The molecule has 0 amide bonds. The standard InChI is InChI=1S/C10H11BCl2N2O3S/c12-5-9(13)7-19(17,18)15-11(16)10-4-2-1-3-8(10)6-14-15/h1-4,6,9,16H,5,7H2. The lowest BCUT2D eigenvalue weighted by Gasteiger charge is -2.26. The number of benzene rings is 1. The van der Waals surface area contributed by atoms with Gasteiger partial charge in [0.2, 0.25) is 10.0 Å².